The highest BCUT2D eigenvalue weighted by molar-refractivity contribution is 6.82. The van der Waals surface area contributed by atoms with Crippen molar-refractivity contribution >= 4 is 31.7 Å². The number of alkyl halides is 3. The van der Waals surface area contributed by atoms with Crippen LogP contribution in [0.2, 0.25) is 18.1 Å². The Kier molecular flexibility index (Phi) is 7.35. The normalized spacial score (nSPS) is 27.1. The smallest absolute Gasteiger partial charge is 0.350 e. The average molecular weight is 556 g/mol. The van der Waals surface area contributed by atoms with E-state index < -0.39 is 55.5 Å². The number of nitriles is 1. The zero-order chi connectivity index (χ0) is 28.1. The van der Waals surface area contributed by atoms with Gasteiger partial charge in [0.05, 0.1) is 14.1 Å². The van der Waals surface area contributed by atoms with Crippen LogP contribution >= 0.6 is 0 Å². The molecule has 3 saturated heterocycles. The molecular formula is C25H36F3N5O4Si. The van der Waals surface area contributed by atoms with E-state index in [9.17, 15) is 37.6 Å². The van der Waals surface area contributed by atoms with Crippen LogP contribution in [0.25, 0.3) is 0 Å². The predicted molar refractivity (Wildman–Crippen MR) is 133 cm³/mol. The Morgan fingerprint density at radius 2 is 1.82 bits per heavy atom. The lowest BCUT2D eigenvalue weighted by atomic mass is 9.85. The predicted octanol–water partition coefficient (Wildman–Crippen LogP) is 2.14. The van der Waals surface area contributed by atoms with Crippen molar-refractivity contribution in [1.29, 1.82) is 5.26 Å². The summed E-state index contributed by atoms with van der Waals surface area (Å²) in [5, 5.41) is 17.3. The molecule has 4 aliphatic rings. The first-order chi connectivity index (χ1) is 17.6. The molecule has 0 aromatic rings. The van der Waals surface area contributed by atoms with Crippen LogP contribution in [0.5, 0.6) is 0 Å². The summed E-state index contributed by atoms with van der Waals surface area (Å²) in [6.07, 6.45) is -0.261. The summed E-state index contributed by atoms with van der Waals surface area (Å²) in [4.78, 5) is 52.8. The van der Waals surface area contributed by atoms with Crippen LogP contribution in [0.1, 0.15) is 59.3 Å². The molecule has 9 nitrogen and oxygen atoms in total. The van der Waals surface area contributed by atoms with E-state index in [1.165, 1.54) is 4.90 Å². The van der Waals surface area contributed by atoms with Gasteiger partial charge < -0.3 is 20.9 Å². The first kappa shape index (κ1) is 28.4. The molecule has 3 N–H and O–H groups in total. The number of halogens is 3. The summed E-state index contributed by atoms with van der Waals surface area (Å²) >= 11 is 0. The minimum Gasteiger partial charge on any atom is -0.350 e. The van der Waals surface area contributed by atoms with Crippen molar-refractivity contribution < 1.29 is 32.3 Å². The molecule has 3 heterocycles. The fourth-order valence-corrected chi connectivity index (χ4v) is 11.8. The van der Waals surface area contributed by atoms with Gasteiger partial charge in [-0.3, -0.25) is 19.2 Å². The van der Waals surface area contributed by atoms with Crippen molar-refractivity contribution in [1.82, 2.24) is 20.9 Å². The van der Waals surface area contributed by atoms with Crippen molar-refractivity contribution in [2.24, 2.45) is 11.3 Å². The molecule has 4 atom stereocenters. The van der Waals surface area contributed by atoms with Crippen molar-refractivity contribution in [2.75, 3.05) is 6.17 Å². The quantitative estimate of drug-likeness (QED) is 0.432. The molecule has 4 rings (SSSR count). The molecule has 1 unspecified atom stereocenters. The number of nitrogens with zero attached hydrogens (tertiary/aromatic N) is 2. The van der Waals surface area contributed by atoms with Gasteiger partial charge in [-0.05, 0) is 37.1 Å². The van der Waals surface area contributed by atoms with Crippen LogP contribution in [-0.4, -0.2) is 72.6 Å². The first-order valence-corrected chi connectivity index (χ1v) is 16.1. The van der Waals surface area contributed by atoms with Crippen LogP contribution in [0.3, 0.4) is 0 Å². The molecule has 210 valence electrons. The van der Waals surface area contributed by atoms with Gasteiger partial charge in [-0.1, -0.05) is 45.7 Å². The highest BCUT2D eigenvalue weighted by atomic mass is 28.3. The van der Waals surface area contributed by atoms with Crippen LogP contribution in [-0.2, 0) is 19.2 Å². The van der Waals surface area contributed by atoms with E-state index >= 15 is 0 Å². The topological polar surface area (TPSA) is 131 Å². The number of amides is 4. The second-order valence-electron chi connectivity index (χ2n) is 12.8. The Labute approximate surface area is 221 Å². The summed E-state index contributed by atoms with van der Waals surface area (Å²) in [7, 11) is -2.06. The molecule has 1 saturated carbocycles. The van der Waals surface area contributed by atoms with Crippen molar-refractivity contribution in [3.8, 4) is 6.07 Å². The van der Waals surface area contributed by atoms with E-state index in [0.717, 1.165) is 37.8 Å². The van der Waals surface area contributed by atoms with Crippen LogP contribution in [0, 0.1) is 22.7 Å². The Morgan fingerprint density at radius 3 is 2.32 bits per heavy atom. The molecule has 4 amide bonds. The van der Waals surface area contributed by atoms with E-state index in [4.69, 9.17) is 0 Å². The number of hydrogen-bond donors (Lipinski definition) is 3. The summed E-state index contributed by atoms with van der Waals surface area (Å²) in [5.74, 6) is -3.96. The molecule has 0 aromatic carbocycles. The first-order valence-electron chi connectivity index (χ1n) is 13.3. The zero-order valence-corrected chi connectivity index (χ0v) is 23.0. The van der Waals surface area contributed by atoms with E-state index in [0.29, 0.717) is 18.6 Å². The number of rotatable bonds is 6. The second kappa shape index (κ2) is 9.84. The highest BCUT2D eigenvalue weighted by Gasteiger charge is 2.55. The minimum absolute atomic E-state index is 0.125. The van der Waals surface area contributed by atoms with Gasteiger partial charge in [-0.15, -0.1) is 0 Å². The lowest BCUT2D eigenvalue weighted by Crippen LogP contribution is -2.59. The van der Waals surface area contributed by atoms with Gasteiger partial charge in [0.25, 0.3) is 0 Å². The Balaban J connectivity index is 1.52. The van der Waals surface area contributed by atoms with Crippen molar-refractivity contribution in [2.45, 2.75) is 107 Å². The fourth-order valence-electron chi connectivity index (χ4n) is 6.38. The summed E-state index contributed by atoms with van der Waals surface area (Å²) < 4.78 is 39.2. The molecule has 13 heteroatoms. The zero-order valence-electron chi connectivity index (χ0n) is 22.0. The van der Waals surface area contributed by atoms with Gasteiger partial charge in [-0.25, -0.2) is 0 Å². The maximum Gasteiger partial charge on any atom is 0.471 e. The van der Waals surface area contributed by atoms with Gasteiger partial charge in [0.1, 0.15) is 18.1 Å². The highest BCUT2D eigenvalue weighted by Crippen LogP contribution is 2.46. The molecular weight excluding hydrogens is 519 g/mol. The summed E-state index contributed by atoms with van der Waals surface area (Å²) in [5.41, 5.74) is -1.21. The molecule has 0 bridgehead atoms. The van der Waals surface area contributed by atoms with Gasteiger partial charge in [0.15, 0.2) is 0 Å². The van der Waals surface area contributed by atoms with E-state index in [-0.39, 0.29) is 23.8 Å². The van der Waals surface area contributed by atoms with Crippen molar-refractivity contribution in [3.05, 3.63) is 0 Å². The molecule has 2 spiro atoms. The SMILES string of the molecule is CC(C)(C)[C@H](NC(=O)C(F)(F)F)C(=O)N1C[Si]2(CCCC2)CC1C(=O)N[C@H](C#N)C[C@@H]1CC2(CC2)NC1=O. The fraction of sp³-hybridized carbons (Fsp3) is 0.800. The molecule has 0 radical (unpaired) electrons. The molecule has 3 aliphatic heterocycles. The summed E-state index contributed by atoms with van der Waals surface area (Å²) in [6.45, 7) is 4.68. The van der Waals surface area contributed by atoms with Crippen molar-refractivity contribution in [3.63, 3.8) is 0 Å². The number of nitrogens with one attached hydrogen (secondary N) is 3. The van der Waals surface area contributed by atoms with Crippen LogP contribution in [0.15, 0.2) is 0 Å². The molecule has 1 aliphatic carbocycles. The van der Waals surface area contributed by atoms with Gasteiger partial charge >= 0.3 is 12.1 Å². The van der Waals surface area contributed by atoms with E-state index in [2.05, 4.69) is 16.7 Å². The number of carbonyl (C=O) groups excluding carboxylic acids is 4. The monoisotopic (exact) mass is 555 g/mol. The third-order valence-corrected chi connectivity index (χ3v) is 13.7. The lowest BCUT2D eigenvalue weighted by molar-refractivity contribution is -0.176. The average Bonchev–Trinajstić information content (AvgIpc) is 3.15. The maximum atomic E-state index is 13.7. The van der Waals surface area contributed by atoms with Gasteiger partial charge in [0.2, 0.25) is 17.7 Å². The summed E-state index contributed by atoms with van der Waals surface area (Å²) in [6, 6.07) is 1.02. The van der Waals surface area contributed by atoms with Crippen LogP contribution < -0.4 is 16.0 Å². The number of carbonyl (C=O) groups is 4. The molecule has 38 heavy (non-hydrogen) atoms. The lowest BCUT2D eigenvalue weighted by Gasteiger charge is -2.36. The molecule has 4 fully saturated rings. The second-order valence-corrected chi connectivity index (χ2v) is 17.5. The third kappa shape index (κ3) is 5.84. The maximum absolute atomic E-state index is 13.7. The van der Waals surface area contributed by atoms with E-state index in [1.54, 1.807) is 20.8 Å². The van der Waals surface area contributed by atoms with E-state index in [1.807, 2.05) is 5.32 Å². The van der Waals surface area contributed by atoms with Crippen LogP contribution in [0.4, 0.5) is 13.2 Å². The molecule has 0 aromatic heterocycles. The third-order valence-electron chi connectivity index (χ3n) is 8.65. The van der Waals surface area contributed by atoms with Gasteiger partial charge in [-0.2, -0.15) is 18.4 Å². The standard InChI is InChI=1S/C25H36F3N5O4Si/c1-23(2,3)18(31-22(37)25(26,27)28)21(36)33-14-38(8-4-5-9-38)13-17(33)20(35)30-16(12-29)10-15-11-24(6-7-24)32-19(15)34/h15-18H,4-11,13-14H2,1-3H3,(H,30,35)(H,31,37)(H,32,34)/t15-,16+,17?,18-/m1/s1. The largest absolute Gasteiger partial charge is 0.471 e. The number of hydrogen-bond acceptors (Lipinski definition) is 5. The minimum atomic E-state index is -5.15. The Bertz CT molecular complexity index is 1040. The van der Waals surface area contributed by atoms with Gasteiger partial charge in [0, 0.05) is 17.6 Å². The Hall–Kier alpha value is -2.62. The Morgan fingerprint density at radius 1 is 1.18 bits per heavy atom.